The predicted octanol–water partition coefficient (Wildman–Crippen LogP) is 2.88. The highest BCUT2D eigenvalue weighted by Gasteiger charge is 2.13. The summed E-state index contributed by atoms with van der Waals surface area (Å²) >= 11 is 3.22. The fraction of sp³-hybridized carbons (Fsp3) is 0.250. The van der Waals surface area contributed by atoms with Gasteiger partial charge in [-0.2, -0.15) is 0 Å². The van der Waals surface area contributed by atoms with Gasteiger partial charge in [0, 0.05) is 24.4 Å². The third kappa shape index (κ3) is 4.91. The van der Waals surface area contributed by atoms with E-state index in [1.54, 1.807) is 22.7 Å². The van der Waals surface area contributed by atoms with Gasteiger partial charge in [-0.3, -0.25) is 4.79 Å². The van der Waals surface area contributed by atoms with Crippen LogP contribution in [0.15, 0.2) is 41.8 Å². The zero-order valence-electron chi connectivity index (χ0n) is 12.9. The number of anilines is 1. The number of rotatable bonds is 7. The Kier molecular flexibility index (Phi) is 6.99. The number of halogens is 1. The molecule has 0 saturated heterocycles. The van der Waals surface area contributed by atoms with Gasteiger partial charge in [0.05, 0.1) is 16.3 Å². The van der Waals surface area contributed by atoms with Crippen LogP contribution in [0.3, 0.4) is 0 Å². The van der Waals surface area contributed by atoms with Gasteiger partial charge in [-0.25, -0.2) is 4.98 Å². The van der Waals surface area contributed by atoms with Gasteiger partial charge in [0.15, 0.2) is 5.13 Å². The number of aromatic nitrogens is 1. The normalized spacial score (nSPS) is 11.7. The zero-order valence-corrected chi connectivity index (χ0v) is 15.3. The standard InChI is InChI=1S/C16H18N4OS2.ClH/c17-12(10-11-4-3-9-22-11)15(21)18-7-8-19-16-20-13-5-1-2-6-14(13)23-16;/h1-6,9,12H,7-8,10,17H2,(H,18,21)(H,19,20);1H/t12-;/m0./s1. The van der Waals surface area contributed by atoms with Crippen molar-refractivity contribution in [1.82, 2.24) is 10.3 Å². The van der Waals surface area contributed by atoms with Crippen LogP contribution in [0, 0.1) is 0 Å². The summed E-state index contributed by atoms with van der Waals surface area (Å²) in [7, 11) is 0. The molecule has 3 rings (SSSR count). The van der Waals surface area contributed by atoms with Crippen LogP contribution in [0.25, 0.3) is 10.2 Å². The molecule has 2 aromatic heterocycles. The molecule has 1 aromatic carbocycles. The lowest BCUT2D eigenvalue weighted by atomic mass is 10.2. The minimum Gasteiger partial charge on any atom is -0.360 e. The van der Waals surface area contributed by atoms with E-state index in [2.05, 4.69) is 15.6 Å². The largest absolute Gasteiger partial charge is 0.360 e. The van der Waals surface area contributed by atoms with Crippen molar-refractivity contribution < 1.29 is 4.79 Å². The topological polar surface area (TPSA) is 80.0 Å². The maximum atomic E-state index is 11.9. The number of carbonyl (C=O) groups is 1. The molecule has 1 atom stereocenters. The van der Waals surface area contributed by atoms with Gasteiger partial charge >= 0.3 is 0 Å². The van der Waals surface area contributed by atoms with E-state index in [0.717, 1.165) is 20.2 Å². The summed E-state index contributed by atoms with van der Waals surface area (Å²) in [6.45, 7) is 1.14. The molecule has 0 saturated carbocycles. The Morgan fingerprint density at radius 2 is 2.04 bits per heavy atom. The van der Waals surface area contributed by atoms with Crippen molar-refractivity contribution in [3.05, 3.63) is 46.7 Å². The highest BCUT2D eigenvalue weighted by Crippen LogP contribution is 2.24. The minimum atomic E-state index is -0.504. The summed E-state index contributed by atoms with van der Waals surface area (Å²) in [6, 6.07) is 11.5. The summed E-state index contributed by atoms with van der Waals surface area (Å²) in [6.07, 6.45) is 0.578. The number of nitrogens with zero attached hydrogens (tertiary/aromatic N) is 1. The summed E-state index contributed by atoms with van der Waals surface area (Å²) in [5.41, 5.74) is 6.90. The predicted molar refractivity (Wildman–Crippen MR) is 104 cm³/mol. The van der Waals surface area contributed by atoms with Crippen LogP contribution in [0.4, 0.5) is 5.13 Å². The molecule has 0 radical (unpaired) electrons. The summed E-state index contributed by atoms with van der Waals surface area (Å²) in [5.74, 6) is -0.121. The van der Waals surface area contributed by atoms with Gasteiger partial charge in [-0.1, -0.05) is 29.5 Å². The third-order valence-corrected chi connectivity index (χ3v) is 5.23. The smallest absolute Gasteiger partial charge is 0.237 e. The summed E-state index contributed by atoms with van der Waals surface area (Å²) in [5, 5.41) is 8.93. The molecule has 1 amide bonds. The summed E-state index contributed by atoms with van der Waals surface area (Å²) in [4.78, 5) is 17.6. The Morgan fingerprint density at radius 1 is 1.21 bits per heavy atom. The lowest BCUT2D eigenvalue weighted by Crippen LogP contribution is -2.43. The van der Waals surface area contributed by atoms with Crippen molar-refractivity contribution in [2.75, 3.05) is 18.4 Å². The van der Waals surface area contributed by atoms with E-state index in [9.17, 15) is 4.79 Å². The molecule has 0 aliphatic heterocycles. The maximum absolute atomic E-state index is 11.9. The molecule has 24 heavy (non-hydrogen) atoms. The van der Waals surface area contributed by atoms with Gasteiger partial charge in [-0.05, 0) is 23.6 Å². The SMILES string of the molecule is Cl.N[C@@H](Cc1cccs1)C(=O)NCCNc1nc2ccccc2s1. The van der Waals surface area contributed by atoms with E-state index < -0.39 is 6.04 Å². The Labute approximate surface area is 154 Å². The number of hydrogen-bond acceptors (Lipinski definition) is 6. The van der Waals surface area contributed by atoms with E-state index in [0.29, 0.717) is 19.5 Å². The van der Waals surface area contributed by atoms with Gasteiger partial charge in [0.2, 0.25) is 5.91 Å². The zero-order chi connectivity index (χ0) is 16.1. The average Bonchev–Trinajstić information content (AvgIpc) is 3.19. The molecule has 0 fully saturated rings. The molecule has 4 N–H and O–H groups in total. The van der Waals surface area contributed by atoms with Gasteiger partial charge in [0.25, 0.3) is 0 Å². The fourth-order valence-electron chi connectivity index (χ4n) is 2.17. The number of fused-ring (bicyclic) bond motifs is 1. The number of nitrogens with two attached hydrogens (primary N) is 1. The number of benzene rings is 1. The van der Waals surface area contributed by atoms with Crippen molar-refractivity contribution in [2.24, 2.45) is 5.73 Å². The fourth-order valence-corrected chi connectivity index (χ4v) is 3.83. The maximum Gasteiger partial charge on any atom is 0.237 e. The second-order valence-electron chi connectivity index (χ2n) is 5.09. The Bertz CT molecular complexity index is 742. The Hall–Kier alpha value is -1.67. The van der Waals surface area contributed by atoms with Crippen LogP contribution >= 0.6 is 35.1 Å². The summed E-state index contributed by atoms with van der Waals surface area (Å²) < 4.78 is 1.15. The van der Waals surface area contributed by atoms with Crippen LogP contribution in [0.5, 0.6) is 0 Å². The highest BCUT2D eigenvalue weighted by molar-refractivity contribution is 7.22. The number of para-hydroxylation sites is 1. The minimum absolute atomic E-state index is 0. The molecule has 3 aromatic rings. The van der Waals surface area contributed by atoms with Crippen molar-refractivity contribution in [3.63, 3.8) is 0 Å². The van der Waals surface area contributed by atoms with E-state index in [1.807, 2.05) is 41.8 Å². The van der Waals surface area contributed by atoms with Gasteiger partial charge < -0.3 is 16.4 Å². The second-order valence-corrected chi connectivity index (χ2v) is 7.16. The lowest BCUT2D eigenvalue weighted by molar-refractivity contribution is -0.122. The number of thiazole rings is 1. The molecule has 0 aliphatic carbocycles. The third-order valence-electron chi connectivity index (χ3n) is 3.33. The molecule has 0 aliphatic rings. The first-order valence-corrected chi connectivity index (χ1v) is 9.07. The van der Waals surface area contributed by atoms with E-state index in [4.69, 9.17) is 5.73 Å². The molecule has 0 spiro atoms. The van der Waals surface area contributed by atoms with Crippen molar-refractivity contribution >= 4 is 56.3 Å². The number of nitrogens with one attached hydrogen (secondary N) is 2. The molecule has 8 heteroatoms. The molecule has 128 valence electrons. The van der Waals surface area contributed by atoms with Crippen molar-refractivity contribution in [3.8, 4) is 0 Å². The molecular formula is C16H19ClN4OS2. The monoisotopic (exact) mass is 382 g/mol. The molecule has 0 bridgehead atoms. The number of amides is 1. The second kappa shape index (κ2) is 8.98. The van der Waals surface area contributed by atoms with Gasteiger partial charge in [0.1, 0.15) is 0 Å². The molecule has 2 heterocycles. The Morgan fingerprint density at radius 3 is 2.79 bits per heavy atom. The van der Waals surface area contributed by atoms with Crippen molar-refractivity contribution in [2.45, 2.75) is 12.5 Å². The Balaban J connectivity index is 0.00000208. The lowest BCUT2D eigenvalue weighted by Gasteiger charge is -2.11. The van der Waals surface area contributed by atoms with E-state index >= 15 is 0 Å². The first kappa shape index (κ1) is 18.7. The first-order valence-electron chi connectivity index (χ1n) is 7.37. The number of carbonyl (C=O) groups excluding carboxylic acids is 1. The van der Waals surface area contributed by atoms with Crippen LogP contribution in [0.2, 0.25) is 0 Å². The van der Waals surface area contributed by atoms with Crippen LogP contribution in [-0.4, -0.2) is 30.0 Å². The van der Waals surface area contributed by atoms with E-state index in [1.165, 1.54) is 0 Å². The van der Waals surface area contributed by atoms with Crippen LogP contribution in [-0.2, 0) is 11.2 Å². The molecule has 5 nitrogen and oxygen atoms in total. The van der Waals surface area contributed by atoms with Crippen LogP contribution < -0.4 is 16.4 Å². The quantitative estimate of drug-likeness (QED) is 0.549. The number of thiophene rings is 1. The first-order chi connectivity index (χ1) is 11.2. The van der Waals surface area contributed by atoms with Gasteiger partial charge in [-0.15, -0.1) is 23.7 Å². The highest BCUT2D eigenvalue weighted by atomic mass is 35.5. The molecule has 0 unspecified atom stereocenters. The average molecular weight is 383 g/mol. The number of hydrogen-bond donors (Lipinski definition) is 3. The molecular weight excluding hydrogens is 364 g/mol. The van der Waals surface area contributed by atoms with E-state index in [-0.39, 0.29) is 18.3 Å². The van der Waals surface area contributed by atoms with Crippen LogP contribution in [0.1, 0.15) is 4.88 Å². The van der Waals surface area contributed by atoms with Crippen molar-refractivity contribution in [1.29, 1.82) is 0 Å².